The van der Waals surface area contributed by atoms with Gasteiger partial charge in [-0.1, -0.05) is 30.3 Å². The number of aryl methyl sites for hydroxylation is 2. The molecule has 0 aliphatic carbocycles. The summed E-state index contributed by atoms with van der Waals surface area (Å²) >= 11 is 0. The molecule has 1 aliphatic heterocycles. The summed E-state index contributed by atoms with van der Waals surface area (Å²) in [5, 5.41) is 7.27. The van der Waals surface area contributed by atoms with Gasteiger partial charge < -0.3 is 20.4 Å². The molecule has 9 nitrogen and oxygen atoms in total. The van der Waals surface area contributed by atoms with Gasteiger partial charge >= 0.3 is 0 Å². The molecule has 0 spiro atoms. The summed E-state index contributed by atoms with van der Waals surface area (Å²) in [6, 6.07) is 17.7. The summed E-state index contributed by atoms with van der Waals surface area (Å²) < 4.78 is 5.43. The Bertz CT molecular complexity index is 1620. The summed E-state index contributed by atoms with van der Waals surface area (Å²) in [5.74, 6) is 0.960. The Kier molecular flexibility index (Phi) is 6.45. The topological polar surface area (TPSA) is 108 Å². The summed E-state index contributed by atoms with van der Waals surface area (Å²) in [5.41, 5.74) is 6.42. The zero-order valence-electron chi connectivity index (χ0n) is 21.4. The molecule has 1 fully saturated rings. The molecule has 5 aromatic rings. The van der Waals surface area contributed by atoms with Crippen LogP contribution in [0.4, 0.5) is 17.3 Å². The second-order valence-corrected chi connectivity index (χ2v) is 9.61. The zero-order valence-corrected chi connectivity index (χ0v) is 21.4. The molecule has 0 radical (unpaired) electrons. The lowest BCUT2D eigenvalue weighted by molar-refractivity contribution is 0.0342. The highest BCUT2D eigenvalue weighted by Crippen LogP contribution is 2.26. The second kappa shape index (κ2) is 10.2. The second-order valence-electron chi connectivity index (χ2n) is 9.61. The van der Waals surface area contributed by atoms with E-state index in [1.54, 1.807) is 12.3 Å². The molecule has 0 unspecified atom stereocenters. The number of benzene rings is 3. The van der Waals surface area contributed by atoms with E-state index in [2.05, 4.69) is 47.6 Å². The van der Waals surface area contributed by atoms with Crippen LogP contribution in [-0.2, 0) is 11.3 Å². The maximum atomic E-state index is 13.4. The summed E-state index contributed by atoms with van der Waals surface area (Å²) in [4.78, 5) is 32.7. The fourth-order valence-corrected chi connectivity index (χ4v) is 4.79. The van der Waals surface area contributed by atoms with Crippen LogP contribution in [-0.4, -0.2) is 57.0 Å². The minimum Gasteiger partial charge on any atom is -0.379 e. The lowest BCUT2D eigenvalue weighted by Crippen LogP contribution is -2.35. The maximum absolute atomic E-state index is 13.4. The molecular formula is C29H29N7O2. The Labute approximate surface area is 220 Å². The number of nitrogens with zero attached hydrogens (tertiary/aromatic N) is 4. The zero-order chi connectivity index (χ0) is 26.1. The van der Waals surface area contributed by atoms with Gasteiger partial charge in [-0.15, -0.1) is 0 Å². The third kappa shape index (κ3) is 5.06. The summed E-state index contributed by atoms with van der Waals surface area (Å²) in [6.45, 7) is 8.19. The molecule has 6 rings (SSSR count). The van der Waals surface area contributed by atoms with Crippen molar-refractivity contribution in [3.63, 3.8) is 0 Å². The van der Waals surface area contributed by atoms with Crippen LogP contribution in [0.5, 0.6) is 0 Å². The van der Waals surface area contributed by atoms with Crippen molar-refractivity contribution in [3.8, 4) is 0 Å². The third-order valence-corrected chi connectivity index (χ3v) is 6.74. The third-order valence-electron chi connectivity index (χ3n) is 6.74. The van der Waals surface area contributed by atoms with Crippen molar-refractivity contribution >= 4 is 45.2 Å². The number of nitrogens with one attached hydrogen (secondary N) is 3. The number of morpholine rings is 1. The van der Waals surface area contributed by atoms with E-state index >= 15 is 0 Å². The van der Waals surface area contributed by atoms with Crippen LogP contribution in [0.1, 0.15) is 27.3 Å². The Balaban J connectivity index is 1.24. The molecule has 38 heavy (non-hydrogen) atoms. The fraction of sp³-hybridized carbons (Fsp3) is 0.241. The highest BCUT2D eigenvalue weighted by Gasteiger charge is 2.17. The Hall–Kier alpha value is -4.34. The number of hydrogen-bond donors (Lipinski definition) is 3. The van der Waals surface area contributed by atoms with E-state index in [9.17, 15) is 4.79 Å². The Morgan fingerprint density at radius 2 is 1.82 bits per heavy atom. The molecule has 3 aromatic carbocycles. The molecular weight excluding hydrogens is 478 g/mol. The van der Waals surface area contributed by atoms with E-state index < -0.39 is 0 Å². The lowest BCUT2D eigenvalue weighted by atomic mass is 10.1. The summed E-state index contributed by atoms with van der Waals surface area (Å²) in [7, 11) is 0. The molecule has 3 N–H and O–H groups in total. The van der Waals surface area contributed by atoms with Crippen molar-refractivity contribution in [3.05, 3.63) is 83.3 Å². The van der Waals surface area contributed by atoms with Crippen LogP contribution in [0.3, 0.4) is 0 Å². The minimum atomic E-state index is -0.235. The van der Waals surface area contributed by atoms with Gasteiger partial charge in [-0.05, 0) is 49.2 Å². The predicted octanol–water partition coefficient (Wildman–Crippen LogP) is 4.95. The van der Waals surface area contributed by atoms with Gasteiger partial charge in [0.2, 0.25) is 5.95 Å². The van der Waals surface area contributed by atoms with E-state index in [1.165, 1.54) is 5.56 Å². The monoisotopic (exact) mass is 507 g/mol. The first kappa shape index (κ1) is 24.0. The number of aromatic nitrogens is 4. The van der Waals surface area contributed by atoms with E-state index in [1.807, 2.05) is 50.2 Å². The molecule has 0 bridgehead atoms. The van der Waals surface area contributed by atoms with Crippen LogP contribution in [0.2, 0.25) is 0 Å². The van der Waals surface area contributed by atoms with Gasteiger partial charge in [-0.3, -0.25) is 9.69 Å². The van der Waals surface area contributed by atoms with Crippen molar-refractivity contribution in [2.24, 2.45) is 0 Å². The molecule has 1 aliphatic rings. The van der Waals surface area contributed by atoms with Gasteiger partial charge in [-0.25, -0.2) is 15.0 Å². The van der Waals surface area contributed by atoms with Gasteiger partial charge in [0.15, 0.2) is 0 Å². The number of aromatic amines is 1. The molecule has 192 valence electrons. The van der Waals surface area contributed by atoms with Gasteiger partial charge in [0.25, 0.3) is 5.91 Å². The fourth-order valence-electron chi connectivity index (χ4n) is 4.79. The van der Waals surface area contributed by atoms with Crippen LogP contribution < -0.4 is 10.6 Å². The van der Waals surface area contributed by atoms with Crippen LogP contribution in [0.25, 0.3) is 21.9 Å². The van der Waals surface area contributed by atoms with E-state index in [0.29, 0.717) is 22.7 Å². The Morgan fingerprint density at radius 3 is 2.63 bits per heavy atom. The molecule has 1 saturated heterocycles. The average Bonchev–Trinajstić information content (AvgIpc) is 3.30. The largest absolute Gasteiger partial charge is 0.379 e. The minimum absolute atomic E-state index is 0.235. The normalized spacial score (nSPS) is 14.2. The number of anilines is 3. The molecule has 2 aromatic heterocycles. The predicted molar refractivity (Wildman–Crippen MR) is 149 cm³/mol. The van der Waals surface area contributed by atoms with Crippen molar-refractivity contribution in [1.82, 2.24) is 24.8 Å². The summed E-state index contributed by atoms with van der Waals surface area (Å²) in [6.07, 6.45) is 1.80. The van der Waals surface area contributed by atoms with E-state index in [-0.39, 0.29) is 5.91 Å². The Morgan fingerprint density at radius 1 is 1.00 bits per heavy atom. The smallest absolute Gasteiger partial charge is 0.258 e. The SMILES string of the molecule is Cc1nc2c(C(=O)Nc3ccc(CN4CCOCC4)cc3)cc(Nc3ncc4cccc(C)c4n3)cc2[nH]1. The van der Waals surface area contributed by atoms with E-state index in [4.69, 9.17) is 4.74 Å². The number of fused-ring (bicyclic) bond motifs is 2. The van der Waals surface area contributed by atoms with Crippen molar-refractivity contribution in [2.75, 3.05) is 36.9 Å². The lowest BCUT2D eigenvalue weighted by Gasteiger charge is -2.26. The standard InChI is InChI=1S/C29H29N7O2/c1-18-4-3-5-21-16-30-29(35-26(18)21)34-23-14-24(27-25(15-23)31-19(2)32-27)28(37)33-22-8-6-20(7-9-22)17-36-10-12-38-13-11-36/h3-9,14-16H,10-13,17H2,1-2H3,(H,31,32)(H,33,37)(H,30,34,35). The van der Waals surface area contributed by atoms with Crippen molar-refractivity contribution in [1.29, 1.82) is 0 Å². The molecule has 9 heteroatoms. The number of H-pyrrole nitrogens is 1. The first-order valence-corrected chi connectivity index (χ1v) is 12.7. The van der Waals surface area contributed by atoms with Gasteiger partial charge in [-0.2, -0.15) is 0 Å². The van der Waals surface area contributed by atoms with Crippen molar-refractivity contribution < 1.29 is 9.53 Å². The number of rotatable bonds is 6. The van der Waals surface area contributed by atoms with E-state index in [0.717, 1.165) is 66.3 Å². The number of ether oxygens (including phenoxy) is 1. The number of amides is 1. The van der Waals surface area contributed by atoms with Crippen LogP contribution in [0.15, 0.2) is 60.8 Å². The van der Waals surface area contributed by atoms with Gasteiger partial charge in [0, 0.05) is 42.6 Å². The highest BCUT2D eigenvalue weighted by atomic mass is 16.5. The first-order valence-electron chi connectivity index (χ1n) is 12.7. The molecule has 0 saturated carbocycles. The number of imidazole rings is 1. The van der Waals surface area contributed by atoms with Crippen LogP contribution in [0, 0.1) is 13.8 Å². The molecule has 1 amide bonds. The van der Waals surface area contributed by atoms with Gasteiger partial charge in [0.05, 0.1) is 29.8 Å². The number of hydrogen-bond acceptors (Lipinski definition) is 7. The van der Waals surface area contributed by atoms with Gasteiger partial charge in [0.1, 0.15) is 11.3 Å². The van der Waals surface area contributed by atoms with Crippen molar-refractivity contribution in [2.45, 2.75) is 20.4 Å². The number of para-hydroxylation sites is 1. The maximum Gasteiger partial charge on any atom is 0.258 e. The number of carbonyl (C=O) groups is 1. The molecule has 0 atom stereocenters. The first-order chi connectivity index (χ1) is 18.5. The number of carbonyl (C=O) groups excluding carboxylic acids is 1. The quantitative estimate of drug-likeness (QED) is 0.298. The average molecular weight is 508 g/mol. The highest BCUT2D eigenvalue weighted by molar-refractivity contribution is 6.12. The van der Waals surface area contributed by atoms with Crippen LogP contribution >= 0.6 is 0 Å². The molecule has 3 heterocycles.